The summed E-state index contributed by atoms with van der Waals surface area (Å²) in [5.41, 5.74) is 3.25. The highest BCUT2D eigenvalue weighted by Gasteiger charge is 2.48. The zero-order chi connectivity index (χ0) is 27.5. The Balaban J connectivity index is 1.54. The number of Topliss-reactive ketones (excluding diaryl/α,β-unsaturated/α-hetero) is 1. The molecule has 3 aromatic carbocycles. The monoisotopic (exact) mass is 577 g/mol. The summed E-state index contributed by atoms with van der Waals surface area (Å²) in [6.07, 6.45) is 0. The van der Waals surface area contributed by atoms with Crippen LogP contribution >= 0.6 is 34.7 Å². The van der Waals surface area contributed by atoms with Crippen LogP contribution in [0.2, 0.25) is 5.02 Å². The number of aliphatic hydroxyl groups excluding tert-OH is 1. The van der Waals surface area contributed by atoms with Crippen LogP contribution in [0.5, 0.6) is 5.75 Å². The average molecular weight is 578 g/mol. The van der Waals surface area contributed by atoms with E-state index >= 15 is 0 Å². The van der Waals surface area contributed by atoms with Crippen LogP contribution in [0.3, 0.4) is 0 Å². The standard InChI is InChI=1S/C29H24ClN3O4S2/c1-3-37-22-6-4-5-20(15-22)24-23(25(34)19-11-13-21(30)14-12-19)26(35)27(36)33(24)28-31-32-29(39-28)38-16-18-9-7-17(2)8-10-18/h4-15,24,34H,3,16H2,1-2H3/b25-23+. The number of halogens is 1. The summed E-state index contributed by atoms with van der Waals surface area (Å²) in [6, 6.07) is 20.8. The van der Waals surface area contributed by atoms with Crippen molar-refractivity contribution >= 4 is 57.3 Å². The molecular weight excluding hydrogens is 554 g/mol. The van der Waals surface area contributed by atoms with Gasteiger partial charge < -0.3 is 9.84 Å². The first-order valence-electron chi connectivity index (χ1n) is 12.2. The van der Waals surface area contributed by atoms with Crippen molar-refractivity contribution < 1.29 is 19.4 Å². The van der Waals surface area contributed by atoms with Crippen LogP contribution in [-0.2, 0) is 15.3 Å². The first-order valence-corrected chi connectivity index (χ1v) is 14.3. The van der Waals surface area contributed by atoms with Crippen molar-refractivity contribution in [3.8, 4) is 5.75 Å². The Morgan fingerprint density at radius 2 is 1.82 bits per heavy atom. The second-order valence-electron chi connectivity index (χ2n) is 8.81. The number of amides is 1. The van der Waals surface area contributed by atoms with Crippen LogP contribution in [-0.4, -0.2) is 33.6 Å². The summed E-state index contributed by atoms with van der Waals surface area (Å²) in [5, 5.41) is 20.6. The molecule has 0 radical (unpaired) electrons. The Morgan fingerprint density at radius 3 is 2.54 bits per heavy atom. The summed E-state index contributed by atoms with van der Waals surface area (Å²) in [6.45, 7) is 4.36. The fraction of sp³-hybridized carbons (Fsp3) is 0.172. The predicted molar refractivity (Wildman–Crippen MR) is 154 cm³/mol. The van der Waals surface area contributed by atoms with Gasteiger partial charge in [0.05, 0.1) is 18.2 Å². The molecule has 4 aromatic rings. The number of carbonyl (C=O) groups is 2. The normalized spacial score (nSPS) is 16.6. The number of aromatic nitrogens is 2. The summed E-state index contributed by atoms with van der Waals surface area (Å²) in [7, 11) is 0. The molecule has 0 aliphatic carbocycles. The summed E-state index contributed by atoms with van der Waals surface area (Å²) in [5.74, 6) is -0.622. The molecule has 0 saturated carbocycles. The SMILES string of the molecule is CCOc1cccc(C2/C(=C(\O)c3ccc(Cl)cc3)C(=O)C(=O)N2c2nnc(SCc3ccc(C)cc3)s2)c1. The van der Waals surface area contributed by atoms with E-state index in [1.165, 1.54) is 33.6 Å². The van der Waals surface area contributed by atoms with Gasteiger partial charge in [0, 0.05) is 16.3 Å². The van der Waals surface area contributed by atoms with Gasteiger partial charge in [-0.3, -0.25) is 14.5 Å². The second kappa shape index (κ2) is 11.6. The number of thioether (sulfide) groups is 1. The van der Waals surface area contributed by atoms with E-state index in [0.717, 1.165) is 5.56 Å². The van der Waals surface area contributed by atoms with E-state index in [-0.39, 0.29) is 16.5 Å². The number of hydrogen-bond acceptors (Lipinski definition) is 8. The maximum absolute atomic E-state index is 13.4. The number of aryl methyl sites for hydroxylation is 1. The van der Waals surface area contributed by atoms with Crippen molar-refractivity contribution in [2.45, 2.75) is 30.0 Å². The highest BCUT2D eigenvalue weighted by molar-refractivity contribution is 8.00. The van der Waals surface area contributed by atoms with Gasteiger partial charge in [-0.1, -0.05) is 76.7 Å². The molecule has 1 N–H and O–H groups in total. The number of rotatable bonds is 8. The van der Waals surface area contributed by atoms with Crippen LogP contribution in [0.4, 0.5) is 5.13 Å². The quantitative estimate of drug-likeness (QED) is 0.0807. The Bertz CT molecular complexity index is 1550. The third kappa shape index (κ3) is 5.71. The van der Waals surface area contributed by atoms with Gasteiger partial charge >= 0.3 is 5.91 Å². The van der Waals surface area contributed by atoms with Crippen LogP contribution in [0.1, 0.15) is 35.2 Å². The van der Waals surface area contributed by atoms with Gasteiger partial charge in [-0.15, -0.1) is 10.2 Å². The van der Waals surface area contributed by atoms with Gasteiger partial charge in [0.2, 0.25) is 5.13 Å². The maximum atomic E-state index is 13.4. The molecule has 1 unspecified atom stereocenters. The molecule has 1 fully saturated rings. The lowest BCUT2D eigenvalue weighted by Crippen LogP contribution is -2.29. The molecule has 1 atom stereocenters. The van der Waals surface area contributed by atoms with Gasteiger partial charge in [0.1, 0.15) is 11.5 Å². The lowest BCUT2D eigenvalue weighted by molar-refractivity contribution is -0.132. The number of carbonyl (C=O) groups excluding carboxylic acids is 2. The molecule has 0 bridgehead atoms. The van der Waals surface area contributed by atoms with E-state index in [1.54, 1.807) is 48.5 Å². The molecule has 1 aliphatic rings. The third-order valence-corrected chi connectivity index (χ3v) is 8.51. The second-order valence-corrected chi connectivity index (χ2v) is 11.4. The van der Waals surface area contributed by atoms with Gasteiger partial charge in [0.15, 0.2) is 4.34 Å². The number of benzene rings is 3. The third-order valence-electron chi connectivity index (χ3n) is 6.13. The Kier molecular flexibility index (Phi) is 8.02. The lowest BCUT2D eigenvalue weighted by Gasteiger charge is -2.23. The Hall–Kier alpha value is -3.66. The van der Waals surface area contributed by atoms with Gasteiger partial charge in [-0.2, -0.15) is 0 Å². The molecule has 5 rings (SSSR count). The van der Waals surface area contributed by atoms with Gasteiger partial charge in [0.25, 0.3) is 5.78 Å². The molecule has 7 nitrogen and oxygen atoms in total. The molecule has 1 aliphatic heterocycles. The number of ether oxygens (including phenoxy) is 1. The first-order chi connectivity index (χ1) is 18.9. The predicted octanol–water partition coefficient (Wildman–Crippen LogP) is 6.82. The van der Waals surface area contributed by atoms with Crippen LogP contribution in [0.25, 0.3) is 5.76 Å². The summed E-state index contributed by atoms with van der Waals surface area (Å²) in [4.78, 5) is 28.1. The zero-order valence-corrected chi connectivity index (χ0v) is 23.5. The van der Waals surface area contributed by atoms with E-state index in [1.807, 2.05) is 13.8 Å². The first kappa shape index (κ1) is 26.9. The summed E-state index contributed by atoms with van der Waals surface area (Å²) >= 11 is 8.74. The highest BCUT2D eigenvalue weighted by atomic mass is 35.5. The van der Waals surface area contributed by atoms with Crippen LogP contribution in [0.15, 0.2) is 82.7 Å². The van der Waals surface area contributed by atoms with Crippen molar-refractivity contribution in [2.75, 3.05) is 11.5 Å². The lowest BCUT2D eigenvalue weighted by atomic mass is 9.95. The largest absolute Gasteiger partial charge is 0.507 e. The Labute approximate surface area is 239 Å². The molecule has 1 amide bonds. The molecule has 0 spiro atoms. The molecule has 1 aromatic heterocycles. The molecule has 2 heterocycles. The average Bonchev–Trinajstić information content (AvgIpc) is 3.51. The van der Waals surface area contributed by atoms with Crippen LogP contribution in [0, 0.1) is 6.92 Å². The minimum Gasteiger partial charge on any atom is -0.507 e. The van der Waals surface area contributed by atoms with Crippen molar-refractivity contribution in [2.24, 2.45) is 0 Å². The zero-order valence-electron chi connectivity index (χ0n) is 21.1. The van der Waals surface area contributed by atoms with Crippen LogP contribution < -0.4 is 9.64 Å². The fourth-order valence-electron chi connectivity index (χ4n) is 4.24. The van der Waals surface area contributed by atoms with Crippen molar-refractivity contribution in [3.05, 3.63) is 106 Å². The van der Waals surface area contributed by atoms with Crippen molar-refractivity contribution in [3.63, 3.8) is 0 Å². The number of nitrogens with zero attached hydrogens (tertiary/aromatic N) is 3. The number of aliphatic hydroxyl groups is 1. The highest BCUT2D eigenvalue weighted by Crippen LogP contribution is 2.44. The minimum absolute atomic E-state index is 0.0416. The number of hydrogen-bond donors (Lipinski definition) is 1. The molecular formula is C29H24ClN3O4S2. The van der Waals surface area contributed by atoms with Crippen molar-refractivity contribution in [1.29, 1.82) is 0 Å². The Morgan fingerprint density at radius 1 is 1.08 bits per heavy atom. The smallest absolute Gasteiger partial charge is 0.301 e. The van der Waals surface area contributed by atoms with Crippen molar-refractivity contribution in [1.82, 2.24) is 10.2 Å². The molecule has 10 heteroatoms. The minimum atomic E-state index is -0.927. The topological polar surface area (TPSA) is 92.6 Å². The number of anilines is 1. The fourth-order valence-corrected chi connectivity index (χ4v) is 6.19. The van der Waals surface area contributed by atoms with E-state index in [0.29, 0.717) is 38.6 Å². The van der Waals surface area contributed by atoms with E-state index < -0.39 is 17.7 Å². The van der Waals surface area contributed by atoms with E-state index in [4.69, 9.17) is 16.3 Å². The van der Waals surface area contributed by atoms with E-state index in [2.05, 4.69) is 34.5 Å². The molecule has 1 saturated heterocycles. The molecule has 39 heavy (non-hydrogen) atoms. The van der Waals surface area contributed by atoms with Gasteiger partial charge in [-0.25, -0.2) is 0 Å². The maximum Gasteiger partial charge on any atom is 0.301 e. The molecule has 198 valence electrons. The van der Waals surface area contributed by atoms with E-state index in [9.17, 15) is 14.7 Å². The van der Waals surface area contributed by atoms with Gasteiger partial charge in [-0.05, 0) is 61.4 Å². The summed E-state index contributed by atoms with van der Waals surface area (Å²) < 4.78 is 6.33. The number of ketones is 1.